The van der Waals surface area contributed by atoms with Crippen molar-refractivity contribution in [2.75, 3.05) is 45.9 Å². The molecule has 10 nitrogen and oxygen atoms in total. The maximum Gasteiger partial charge on any atom is 0.423 e. The van der Waals surface area contributed by atoms with Crippen LogP contribution in [-0.4, -0.2) is 84.7 Å². The van der Waals surface area contributed by atoms with Crippen molar-refractivity contribution in [2.45, 2.75) is 90.6 Å². The molecule has 1 saturated heterocycles. The molecule has 2 aliphatic rings. The molecule has 258 valence electrons. The van der Waals surface area contributed by atoms with Gasteiger partial charge in [0.1, 0.15) is 17.4 Å². The van der Waals surface area contributed by atoms with Crippen molar-refractivity contribution in [3.05, 3.63) is 35.5 Å². The highest BCUT2D eigenvalue weighted by atomic mass is 32.1. The summed E-state index contributed by atoms with van der Waals surface area (Å²) in [7, 11) is 4.49. The second-order valence-electron chi connectivity index (χ2n) is 9.61. The molecule has 1 amide bonds. The Morgan fingerprint density at radius 3 is 2.22 bits per heavy atom. The van der Waals surface area contributed by atoms with E-state index in [-0.39, 0.29) is 23.9 Å². The van der Waals surface area contributed by atoms with E-state index in [9.17, 15) is 18.0 Å². The first kappa shape index (κ1) is 42.2. The molecule has 1 aliphatic carbocycles. The maximum atomic E-state index is 13.6. The number of anilines is 2. The number of nitrogens with one attached hydrogen (secondary N) is 2. The van der Waals surface area contributed by atoms with Crippen molar-refractivity contribution in [3.63, 3.8) is 0 Å². The summed E-state index contributed by atoms with van der Waals surface area (Å²) in [6.07, 6.45) is 1.86. The first-order valence-electron chi connectivity index (χ1n) is 15.3. The van der Waals surface area contributed by atoms with Crippen LogP contribution in [0.4, 0.5) is 24.8 Å². The number of hydrogen-bond acceptors (Lipinski definition) is 10. The van der Waals surface area contributed by atoms with Crippen LogP contribution >= 0.6 is 12.6 Å². The average Bonchev–Trinajstić information content (AvgIpc) is 3.06. The number of methoxy groups -OCH3 is 1. The zero-order chi connectivity index (χ0) is 34.6. The minimum Gasteiger partial charge on any atom is -0.495 e. The molecule has 4 rings (SSSR count). The fraction of sp³-hybridized carbons (Fsp3) is 0.645. The Hall–Kier alpha value is -2.81. The average molecular weight is 663 g/mol. The topological polar surface area (TPSA) is 135 Å². The molecule has 1 aliphatic heterocycles. The zero-order valence-electron chi connectivity index (χ0n) is 27.9. The van der Waals surface area contributed by atoms with Gasteiger partial charge in [-0.3, -0.25) is 4.79 Å². The lowest BCUT2D eigenvalue weighted by molar-refractivity contribution is -0.140. The van der Waals surface area contributed by atoms with Gasteiger partial charge < -0.3 is 35.8 Å². The summed E-state index contributed by atoms with van der Waals surface area (Å²) in [6.45, 7) is 9.84. The van der Waals surface area contributed by atoms with Gasteiger partial charge in [-0.15, -0.1) is 0 Å². The number of rotatable bonds is 7. The van der Waals surface area contributed by atoms with Crippen molar-refractivity contribution < 1.29 is 32.5 Å². The van der Waals surface area contributed by atoms with Crippen molar-refractivity contribution in [1.29, 1.82) is 0 Å². The Morgan fingerprint density at radius 2 is 1.67 bits per heavy atom. The number of carbonyl (C=O) groups excluding carboxylic acids is 1. The van der Waals surface area contributed by atoms with Gasteiger partial charge in [0.25, 0.3) is 5.91 Å². The standard InChI is InChI=1S/C25H33F3N6O3.2C2H6.CH4O.CH4S/c1-34-11-9-16(10-12-34)31-22(35)15-7-8-19(21(13-15)36-2)32-24-30-14-17(25(26,27)28)23(33-24)37-20-6-4-3-5-18(20)29;4*1-2/h7-8,13-14,16,18,20H,3-6,9-12,29H2,1-2H3,(H,31,35)(H,30,32,33);2*1-2H3;2*2H,1H3/t18-,20?;;;;/m1..../s1. The van der Waals surface area contributed by atoms with E-state index in [2.05, 4.69) is 45.2 Å². The summed E-state index contributed by atoms with van der Waals surface area (Å²) in [5.74, 6) is -0.573. The third-order valence-electron chi connectivity index (χ3n) is 6.84. The number of hydrogen-bond donors (Lipinski definition) is 5. The van der Waals surface area contributed by atoms with E-state index in [1.807, 2.05) is 27.7 Å². The molecule has 0 bridgehead atoms. The Morgan fingerprint density at radius 1 is 1.07 bits per heavy atom. The smallest absolute Gasteiger partial charge is 0.423 e. The van der Waals surface area contributed by atoms with Crippen molar-refractivity contribution in [2.24, 2.45) is 5.73 Å². The number of benzene rings is 1. The summed E-state index contributed by atoms with van der Waals surface area (Å²) in [5, 5.41) is 12.9. The number of aromatic nitrogens is 2. The van der Waals surface area contributed by atoms with E-state index in [4.69, 9.17) is 20.3 Å². The SMILES string of the molecule is CC.CC.CO.COc1cc(C(=O)NC2CCN(C)CC2)ccc1Nc1ncc(C(F)(F)F)c(OC2CCCC[C@H]2N)n1.CS. The van der Waals surface area contributed by atoms with Crippen LogP contribution < -0.4 is 25.8 Å². The summed E-state index contributed by atoms with van der Waals surface area (Å²) in [5.41, 5.74) is 5.80. The van der Waals surface area contributed by atoms with Crippen LogP contribution in [0.1, 0.15) is 82.1 Å². The highest BCUT2D eigenvalue weighted by molar-refractivity contribution is 7.79. The Bertz CT molecular complexity index is 1110. The fourth-order valence-electron chi connectivity index (χ4n) is 4.60. The van der Waals surface area contributed by atoms with Crippen molar-refractivity contribution in [3.8, 4) is 11.6 Å². The van der Waals surface area contributed by atoms with Crippen LogP contribution in [0.15, 0.2) is 24.4 Å². The number of likely N-dealkylation sites (tertiary alicyclic amines) is 1. The van der Waals surface area contributed by atoms with Gasteiger partial charge in [-0.2, -0.15) is 30.8 Å². The number of amides is 1. The van der Waals surface area contributed by atoms with Crippen LogP contribution in [0, 0.1) is 0 Å². The highest BCUT2D eigenvalue weighted by Crippen LogP contribution is 2.37. The Labute approximate surface area is 272 Å². The van der Waals surface area contributed by atoms with E-state index in [0.29, 0.717) is 36.0 Å². The van der Waals surface area contributed by atoms with Gasteiger partial charge in [0, 0.05) is 31.0 Å². The predicted octanol–water partition coefficient (Wildman–Crippen LogP) is 5.93. The number of thiol groups is 1. The molecular weight excluding hydrogens is 609 g/mol. The van der Waals surface area contributed by atoms with E-state index in [0.717, 1.165) is 45.9 Å². The van der Waals surface area contributed by atoms with E-state index in [1.165, 1.54) is 7.11 Å². The number of nitrogens with zero attached hydrogens (tertiary/aromatic N) is 3. The number of nitrogens with two attached hydrogens (primary N) is 1. The molecule has 2 heterocycles. The third-order valence-corrected chi connectivity index (χ3v) is 6.84. The Kier molecular flexibility index (Phi) is 21.2. The molecule has 0 radical (unpaired) electrons. The number of aliphatic hydroxyl groups is 1. The molecule has 1 unspecified atom stereocenters. The second-order valence-corrected chi connectivity index (χ2v) is 9.61. The lowest BCUT2D eigenvalue weighted by Crippen LogP contribution is -2.43. The van der Waals surface area contributed by atoms with Crippen LogP contribution in [0.25, 0.3) is 0 Å². The monoisotopic (exact) mass is 662 g/mol. The minimum atomic E-state index is -4.69. The van der Waals surface area contributed by atoms with Crippen LogP contribution in [0.3, 0.4) is 0 Å². The van der Waals surface area contributed by atoms with Gasteiger partial charge >= 0.3 is 6.18 Å². The van der Waals surface area contributed by atoms with E-state index >= 15 is 0 Å². The largest absolute Gasteiger partial charge is 0.495 e. The summed E-state index contributed by atoms with van der Waals surface area (Å²) in [4.78, 5) is 22.8. The van der Waals surface area contributed by atoms with Gasteiger partial charge in [0.05, 0.1) is 12.8 Å². The number of alkyl halides is 3. The van der Waals surface area contributed by atoms with Crippen molar-refractivity contribution >= 4 is 30.2 Å². The summed E-state index contributed by atoms with van der Waals surface area (Å²) >= 11 is 3.53. The number of ether oxygens (including phenoxy) is 2. The van der Waals surface area contributed by atoms with Gasteiger partial charge in [0.2, 0.25) is 11.8 Å². The Balaban J connectivity index is 0.00000224. The van der Waals surface area contributed by atoms with Gasteiger partial charge in [0.15, 0.2) is 0 Å². The van der Waals surface area contributed by atoms with Gasteiger partial charge in [-0.1, -0.05) is 34.1 Å². The van der Waals surface area contributed by atoms with Gasteiger partial charge in [-0.05, 0) is 76.7 Å². The quantitative estimate of drug-likeness (QED) is 0.229. The molecule has 5 N–H and O–H groups in total. The van der Waals surface area contributed by atoms with Crippen LogP contribution in [0.2, 0.25) is 0 Å². The second kappa shape index (κ2) is 22.7. The summed E-state index contributed by atoms with van der Waals surface area (Å²) < 4.78 is 51.9. The molecule has 0 spiro atoms. The molecular formula is C31H53F3N6O4S. The molecule has 14 heteroatoms. The molecule has 1 aromatic carbocycles. The lowest BCUT2D eigenvalue weighted by atomic mass is 9.93. The fourth-order valence-corrected chi connectivity index (χ4v) is 4.60. The number of carbonyl (C=O) groups is 1. The van der Waals surface area contributed by atoms with Crippen LogP contribution in [-0.2, 0) is 6.18 Å². The molecule has 2 fully saturated rings. The van der Waals surface area contributed by atoms with Crippen LogP contribution in [0.5, 0.6) is 11.6 Å². The molecule has 1 saturated carbocycles. The number of aliphatic hydroxyl groups excluding tert-OH is 1. The number of halogens is 3. The van der Waals surface area contributed by atoms with Gasteiger partial charge in [-0.25, -0.2) is 4.98 Å². The summed E-state index contributed by atoms with van der Waals surface area (Å²) in [6, 6.07) is 4.51. The molecule has 1 aromatic heterocycles. The molecule has 45 heavy (non-hydrogen) atoms. The normalized spacial score (nSPS) is 18.1. The van der Waals surface area contributed by atoms with E-state index in [1.54, 1.807) is 24.5 Å². The van der Waals surface area contributed by atoms with Crippen molar-refractivity contribution in [1.82, 2.24) is 20.2 Å². The zero-order valence-corrected chi connectivity index (χ0v) is 28.8. The molecule has 2 aromatic rings. The number of piperidine rings is 1. The van der Waals surface area contributed by atoms with E-state index < -0.39 is 23.7 Å². The lowest BCUT2D eigenvalue weighted by Gasteiger charge is -2.29. The first-order valence-corrected chi connectivity index (χ1v) is 16.2. The minimum absolute atomic E-state index is 0.101. The highest BCUT2D eigenvalue weighted by Gasteiger charge is 2.38. The third kappa shape index (κ3) is 13.6. The molecule has 2 atom stereocenters. The maximum absolute atomic E-state index is 13.6. The first-order chi connectivity index (χ1) is 21.6. The predicted molar refractivity (Wildman–Crippen MR) is 178 cm³/mol.